The van der Waals surface area contributed by atoms with Crippen molar-refractivity contribution in [1.82, 2.24) is 5.32 Å². The van der Waals surface area contributed by atoms with Crippen LogP contribution in [0.5, 0.6) is 5.75 Å². The molecule has 0 unspecified atom stereocenters. The molecule has 1 aromatic carbocycles. The van der Waals surface area contributed by atoms with Gasteiger partial charge in [0.1, 0.15) is 0 Å². The highest BCUT2D eigenvalue weighted by atomic mass is 32.1. The van der Waals surface area contributed by atoms with Gasteiger partial charge in [0.05, 0.1) is 12.0 Å². The Hall–Kier alpha value is -1.92. The molecule has 0 spiro atoms. The third-order valence-electron chi connectivity index (χ3n) is 3.29. The number of benzene rings is 1. The summed E-state index contributed by atoms with van der Waals surface area (Å²) in [5.74, 6) is 0.285. The van der Waals surface area contributed by atoms with Gasteiger partial charge in [-0.1, -0.05) is 6.07 Å². The van der Waals surface area contributed by atoms with E-state index in [1.807, 2.05) is 6.07 Å². The van der Waals surface area contributed by atoms with E-state index in [9.17, 15) is 10.1 Å². The van der Waals surface area contributed by atoms with E-state index in [-0.39, 0.29) is 11.4 Å². The lowest BCUT2D eigenvalue weighted by atomic mass is 10.2. The Morgan fingerprint density at radius 1 is 1.29 bits per heavy atom. The molecule has 2 rings (SSSR count). The highest BCUT2D eigenvalue weighted by molar-refractivity contribution is 7.12. The minimum atomic E-state index is -0.422. The molecule has 2 aromatic rings. The van der Waals surface area contributed by atoms with Gasteiger partial charge < -0.3 is 10.1 Å². The lowest BCUT2D eigenvalue weighted by Gasteiger charge is -2.06. The van der Waals surface area contributed by atoms with Crippen LogP contribution in [-0.2, 0) is 13.1 Å². The van der Waals surface area contributed by atoms with E-state index in [0.29, 0.717) is 6.54 Å². The molecule has 0 aliphatic rings. The fourth-order valence-electron chi connectivity index (χ4n) is 2.06. The maximum Gasteiger partial charge on any atom is 0.311 e. The highest BCUT2D eigenvalue weighted by Gasteiger charge is 2.14. The van der Waals surface area contributed by atoms with Crippen molar-refractivity contribution in [2.24, 2.45) is 0 Å². The summed E-state index contributed by atoms with van der Waals surface area (Å²) >= 11 is 1.77. The van der Waals surface area contributed by atoms with E-state index in [1.54, 1.807) is 23.5 Å². The molecule has 6 heteroatoms. The van der Waals surface area contributed by atoms with Gasteiger partial charge in [-0.3, -0.25) is 10.1 Å². The number of rotatable bonds is 6. The maximum absolute atomic E-state index is 11.0. The fraction of sp³-hybridized carbons (Fsp3) is 0.333. The predicted octanol–water partition coefficient (Wildman–Crippen LogP) is 3.57. The summed E-state index contributed by atoms with van der Waals surface area (Å²) in [4.78, 5) is 13.2. The second-order valence-electron chi connectivity index (χ2n) is 4.82. The van der Waals surface area contributed by atoms with Gasteiger partial charge in [0.2, 0.25) is 0 Å². The van der Waals surface area contributed by atoms with Gasteiger partial charge in [0.25, 0.3) is 0 Å². The third kappa shape index (κ3) is 3.80. The van der Waals surface area contributed by atoms with Crippen LogP contribution in [0.4, 0.5) is 5.69 Å². The summed E-state index contributed by atoms with van der Waals surface area (Å²) in [6, 6.07) is 7.19. The quantitative estimate of drug-likeness (QED) is 0.654. The first-order valence-electron chi connectivity index (χ1n) is 6.59. The summed E-state index contributed by atoms with van der Waals surface area (Å²) in [5.41, 5.74) is 2.17. The average molecular weight is 306 g/mol. The van der Waals surface area contributed by atoms with Crippen LogP contribution in [0.1, 0.15) is 20.9 Å². The molecule has 0 fully saturated rings. The zero-order chi connectivity index (χ0) is 15.4. The first-order valence-corrected chi connectivity index (χ1v) is 7.41. The second kappa shape index (κ2) is 6.69. The van der Waals surface area contributed by atoms with Crippen LogP contribution in [0, 0.1) is 24.0 Å². The van der Waals surface area contributed by atoms with E-state index < -0.39 is 4.92 Å². The molecule has 0 radical (unpaired) electrons. The topological polar surface area (TPSA) is 64.4 Å². The van der Waals surface area contributed by atoms with Crippen LogP contribution in [0.15, 0.2) is 24.3 Å². The molecule has 0 saturated carbocycles. The highest BCUT2D eigenvalue weighted by Crippen LogP contribution is 2.27. The van der Waals surface area contributed by atoms with Crippen LogP contribution >= 0.6 is 11.3 Å². The van der Waals surface area contributed by atoms with Crippen LogP contribution in [-0.4, -0.2) is 12.0 Å². The molecular weight excluding hydrogens is 288 g/mol. The number of aryl methyl sites for hydroxylation is 2. The first-order chi connectivity index (χ1) is 10.0. The summed E-state index contributed by atoms with van der Waals surface area (Å²) in [6.07, 6.45) is 0. The van der Waals surface area contributed by atoms with Gasteiger partial charge in [-0.25, -0.2) is 0 Å². The van der Waals surface area contributed by atoms with Crippen LogP contribution < -0.4 is 10.1 Å². The lowest BCUT2D eigenvalue weighted by molar-refractivity contribution is -0.385. The summed E-state index contributed by atoms with van der Waals surface area (Å²) in [6.45, 7) is 5.55. The molecule has 112 valence electrons. The van der Waals surface area contributed by atoms with E-state index in [1.165, 1.54) is 22.4 Å². The van der Waals surface area contributed by atoms with Crippen molar-refractivity contribution in [1.29, 1.82) is 0 Å². The van der Waals surface area contributed by atoms with Crippen LogP contribution in [0.25, 0.3) is 0 Å². The normalized spacial score (nSPS) is 10.6. The standard InChI is InChI=1S/C15H18N2O3S/c1-10-6-13(21-11(10)2)9-16-8-12-4-5-15(20-3)14(7-12)17(18)19/h4-7,16H,8-9H2,1-3H3. The molecule has 5 nitrogen and oxygen atoms in total. The summed E-state index contributed by atoms with van der Waals surface area (Å²) < 4.78 is 4.99. The molecule has 0 bridgehead atoms. The van der Waals surface area contributed by atoms with Crippen molar-refractivity contribution in [3.8, 4) is 5.75 Å². The number of nitrogens with one attached hydrogen (secondary N) is 1. The molecule has 0 atom stereocenters. The zero-order valence-electron chi connectivity index (χ0n) is 12.3. The smallest absolute Gasteiger partial charge is 0.311 e. The van der Waals surface area contributed by atoms with Gasteiger partial charge in [0.15, 0.2) is 5.75 Å². The molecule has 1 aromatic heterocycles. The van der Waals surface area contributed by atoms with Gasteiger partial charge >= 0.3 is 5.69 Å². The Balaban J connectivity index is 2.00. The Morgan fingerprint density at radius 3 is 2.62 bits per heavy atom. The number of thiophene rings is 1. The third-order valence-corrected chi connectivity index (χ3v) is 4.44. The number of methoxy groups -OCH3 is 1. The molecule has 21 heavy (non-hydrogen) atoms. The number of nitro groups is 1. The van der Waals surface area contributed by atoms with Gasteiger partial charge in [-0.2, -0.15) is 0 Å². The van der Waals surface area contributed by atoms with Crippen molar-refractivity contribution in [3.05, 3.63) is 55.3 Å². The molecule has 0 amide bonds. The molecule has 0 saturated heterocycles. The number of nitrogens with zero attached hydrogens (tertiary/aromatic N) is 1. The number of nitro benzene ring substituents is 1. The Kier molecular flexibility index (Phi) is 4.93. The SMILES string of the molecule is COc1ccc(CNCc2cc(C)c(C)s2)cc1[N+](=O)[O-]. The second-order valence-corrected chi connectivity index (χ2v) is 6.16. The van der Waals surface area contributed by atoms with Gasteiger partial charge in [-0.05, 0) is 37.1 Å². The Morgan fingerprint density at radius 2 is 2.05 bits per heavy atom. The molecule has 0 aliphatic heterocycles. The van der Waals surface area contributed by atoms with Crippen molar-refractivity contribution >= 4 is 17.0 Å². The molecule has 0 aliphatic carbocycles. The van der Waals surface area contributed by atoms with E-state index in [2.05, 4.69) is 25.2 Å². The molecule has 1 heterocycles. The van der Waals surface area contributed by atoms with Crippen molar-refractivity contribution in [2.45, 2.75) is 26.9 Å². The maximum atomic E-state index is 11.0. The zero-order valence-corrected chi connectivity index (χ0v) is 13.1. The van der Waals surface area contributed by atoms with E-state index in [4.69, 9.17) is 4.74 Å². The Labute approximate surface area is 127 Å². The van der Waals surface area contributed by atoms with Gasteiger partial charge in [0, 0.05) is 28.9 Å². The molecular formula is C15H18N2O3S. The fourth-order valence-corrected chi connectivity index (χ4v) is 3.08. The summed E-state index contributed by atoms with van der Waals surface area (Å²) in [7, 11) is 1.43. The summed E-state index contributed by atoms with van der Waals surface area (Å²) in [5, 5.41) is 14.3. The van der Waals surface area contributed by atoms with Crippen LogP contribution in [0.2, 0.25) is 0 Å². The lowest BCUT2D eigenvalue weighted by Crippen LogP contribution is -2.12. The monoisotopic (exact) mass is 306 g/mol. The van der Waals surface area contributed by atoms with Crippen molar-refractivity contribution in [3.63, 3.8) is 0 Å². The average Bonchev–Trinajstić information content (AvgIpc) is 2.77. The molecule has 1 N–H and O–H groups in total. The number of hydrogen-bond acceptors (Lipinski definition) is 5. The minimum absolute atomic E-state index is 0.000359. The van der Waals surface area contributed by atoms with Crippen molar-refractivity contribution in [2.75, 3.05) is 7.11 Å². The minimum Gasteiger partial charge on any atom is -0.490 e. The van der Waals surface area contributed by atoms with Crippen molar-refractivity contribution < 1.29 is 9.66 Å². The number of hydrogen-bond donors (Lipinski definition) is 1. The largest absolute Gasteiger partial charge is 0.490 e. The van der Waals surface area contributed by atoms with Gasteiger partial charge in [-0.15, -0.1) is 11.3 Å². The Bertz CT molecular complexity index is 633. The van der Waals surface area contributed by atoms with E-state index in [0.717, 1.165) is 12.1 Å². The van der Waals surface area contributed by atoms with E-state index >= 15 is 0 Å². The number of ether oxygens (including phenoxy) is 1. The first kappa shape index (κ1) is 15.5. The van der Waals surface area contributed by atoms with Crippen LogP contribution in [0.3, 0.4) is 0 Å². The predicted molar refractivity (Wildman–Crippen MR) is 84.0 cm³/mol.